The number of piperidine rings is 1. The number of nitrogens with one attached hydrogen (secondary N) is 2. The van der Waals surface area contributed by atoms with Crippen molar-refractivity contribution in [3.05, 3.63) is 0 Å². The largest absolute Gasteiger partial charge is 0.359 e. The normalized spacial score (nSPS) is 24.6. The molecule has 11 heavy (non-hydrogen) atoms. The average molecular weight is 156 g/mol. The van der Waals surface area contributed by atoms with Crippen LogP contribution in [0.2, 0.25) is 0 Å². The van der Waals surface area contributed by atoms with E-state index in [1.807, 2.05) is 0 Å². The van der Waals surface area contributed by atoms with Gasteiger partial charge in [0.1, 0.15) is 0 Å². The van der Waals surface area contributed by atoms with Crippen molar-refractivity contribution in [2.45, 2.75) is 19.3 Å². The Morgan fingerprint density at radius 3 is 3.09 bits per heavy atom. The fourth-order valence-corrected chi connectivity index (χ4v) is 1.46. The summed E-state index contributed by atoms with van der Waals surface area (Å²) in [5.41, 5.74) is 0. The summed E-state index contributed by atoms with van der Waals surface area (Å²) in [6.45, 7) is 2.12. The number of rotatable bonds is 2. The van der Waals surface area contributed by atoms with Crippen LogP contribution in [-0.2, 0) is 4.79 Å². The zero-order chi connectivity index (χ0) is 8.10. The Morgan fingerprint density at radius 1 is 1.73 bits per heavy atom. The molecule has 1 aliphatic heterocycles. The molecule has 3 heteroatoms. The van der Waals surface area contributed by atoms with Gasteiger partial charge in [-0.25, -0.2) is 0 Å². The summed E-state index contributed by atoms with van der Waals surface area (Å²) >= 11 is 0. The Bertz CT molecular complexity index is 130. The molecule has 1 saturated heterocycles. The fourth-order valence-electron chi connectivity index (χ4n) is 1.46. The summed E-state index contributed by atoms with van der Waals surface area (Å²) in [6, 6.07) is 0. The smallest absolute Gasteiger partial charge is 0.220 e. The van der Waals surface area contributed by atoms with E-state index in [0.717, 1.165) is 13.1 Å². The monoisotopic (exact) mass is 156 g/mol. The standard InChI is InChI=1S/C8H16N2O/c1-9-8(11)5-7-3-2-4-10-6-7/h7,10H,2-6H2,1H3,(H,9,11). The molecule has 0 radical (unpaired) electrons. The first kappa shape index (κ1) is 8.53. The molecule has 1 heterocycles. The van der Waals surface area contributed by atoms with Crippen molar-refractivity contribution in [1.29, 1.82) is 0 Å². The summed E-state index contributed by atoms with van der Waals surface area (Å²) in [5.74, 6) is 0.724. The van der Waals surface area contributed by atoms with Gasteiger partial charge < -0.3 is 10.6 Å². The molecule has 1 aliphatic rings. The van der Waals surface area contributed by atoms with E-state index in [4.69, 9.17) is 0 Å². The molecule has 0 saturated carbocycles. The van der Waals surface area contributed by atoms with Crippen LogP contribution in [0.5, 0.6) is 0 Å². The Morgan fingerprint density at radius 2 is 2.55 bits per heavy atom. The van der Waals surface area contributed by atoms with Crippen LogP contribution in [0.15, 0.2) is 0 Å². The van der Waals surface area contributed by atoms with Gasteiger partial charge in [0, 0.05) is 13.5 Å². The lowest BCUT2D eigenvalue weighted by Crippen LogP contribution is -2.33. The molecule has 0 aromatic carbocycles. The van der Waals surface area contributed by atoms with E-state index in [1.165, 1.54) is 12.8 Å². The summed E-state index contributed by atoms with van der Waals surface area (Å²) in [5, 5.41) is 5.93. The second kappa shape index (κ2) is 4.34. The van der Waals surface area contributed by atoms with Crippen LogP contribution in [-0.4, -0.2) is 26.0 Å². The maximum atomic E-state index is 10.9. The third-order valence-corrected chi connectivity index (χ3v) is 2.15. The van der Waals surface area contributed by atoms with Crippen LogP contribution in [0, 0.1) is 5.92 Å². The van der Waals surface area contributed by atoms with Crippen molar-refractivity contribution in [2.24, 2.45) is 5.92 Å². The highest BCUT2D eigenvalue weighted by Crippen LogP contribution is 2.13. The third-order valence-electron chi connectivity index (χ3n) is 2.15. The number of carbonyl (C=O) groups is 1. The topological polar surface area (TPSA) is 41.1 Å². The molecule has 64 valence electrons. The van der Waals surface area contributed by atoms with Gasteiger partial charge in [-0.2, -0.15) is 0 Å². The molecule has 1 rings (SSSR count). The highest BCUT2D eigenvalue weighted by atomic mass is 16.1. The molecule has 0 bridgehead atoms. The lowest BCUT2D eigenvalue weighted by atomic mass is 9.96. The molecule has 3 nitrogen and oxygen atoms in total. The summed E-state index contributed by atoms with van der Waals surface area (Å²) < 4.78 is 0. The first-order valence-corrected chi connectivity index (χ1v) is 4.24. The first-order valence-electron chi connectivity index (χ1n) is 4.24. The third kappa shape index (κ3) is 2.89. The maximum absolute atomic E-state index is 10.9. The van der Waals surface area contributed by atoms with Crippen LogP contribution in [0.25, 0.3) is 0 Å². The van der Waals surface area contributed by atoms with E-state index in [-0.39, 0.29) is 5.91 Å². The highest BCUT2D eigenvalue weighted by Gasteiger charge is 2.15. The molecular formula is C8H16N2O. The molecule has 0 spiro atoms. The van der Waals surface area contributed by atoms with Crippen molar-refractivity contribution in [3.8, 4) is 0 Å². The highest BCUT2D eigenvalue weighted by molar-refractivity contribution is 5.75. The second-order valence-corrected chi connectivity index (χ2v) is 3.09. The van der Waals surface area contributed by atoms with Crippen LogP contribution in [0.4, 0.5) is 0 Å². The molecule has 1 fully saturated rings. The lowest BCUT2D eigenvalue weighted by Gasteiger charge is -2.21. The fraction of sp³-hybridized carbons (Fsp3) is 0.875. The number of amides is 1. The van der Waals surface area contributed by atoms with Gasteiger partial charge in [0.05, 0.1) is 0 Å². The van der Waals surface area contributed by atoms with Crippen molar-refractivity contribution in [2.75, 3.05) is 20.1 Å². The Labute approximate surface area is 67.5 Å². The van der Waals surface area contributed by atoms with Crippen LogP contribution in [0.3, 0.4) is 0 Å². The molecular weight excluding hydrogens is 140 g/mol. The van der Waals surface area contributed by atoms with Crippen molar-refractivity contribution < 1.29 is 4.79 Å². The predicted molar refractivity (Wildman–Crippen MR) is 44.3 cm³/mol. The molecule has 0 aliphatic carbocycles. The van der Waals surface area contributed by atoms with E-state index in [0.29, 0.717) is 12.3 Å². The molecule has 2 N–H and O–H groups in total. The quantitative estimate of drug-likeness (QED) is 0.596. The number of hydrogen-bond acceptors (Lipinski definition) is 2. The van der Waals surface area contributed by atoms with Crippen LogP contribution < -0.4 is 10.6 Å². The summed E-state index contributed by atoms with van der Waals surface area (Å²) in [4.78, 5) is 10.9. The van der Waals surface area contributed by atoms with E-state index in [2.05, 4.69) is 10.6 Å². The second-order valence-electron chi connectivity index (χ2n) is 3.09. The molecule has 0 aromatic rings. The number of hydrogen-bond donors (Lipinski definition) is 2. The van der Waals surface area contributed by atoms with Crippen molar-refractivity contribution in [3.63, 3.8) is 0 Å². The maximum Gasteiger partial charge on any atom is 0.220 e. The minimum Gasteiger partial charge on any atom is -0.359 e. The number of carbonyl (C=O) groups excluding carboxylic acids is 1. The van der Waals surface area contributed by atoms with Gasteiger partial charge >= 0.3 is 0 Å². The van der Waals surface area contributed by atoms with Gasteiger partial charge in [0.15, 0.2) is 0 Å². The first-order chi connectivity index (χ1) is 5.33. The molecule has 1 unspecified atom stereocenters. The summed E-state index contributed by atoms with van der Waals surface area (Å²) in [6.07, 6.45) is 3.09. The van der Waals surface area contributed by atoms with E-state index in [9.17, 15) is 4.79 Å². The van der Waals surface area contributed by atoms with Gasteiger partial charge in [0.25, 0.3) is 0 Å². The van der Waals surface area contributed by atoms with E-state index in [1.54, 1.807) is 7.05 Å². The SMILES string of the molecule is CNC(=O)CC1CCCNC1. The predicted octanol–water partition coefficient (Wildman–Crippen LogP) is 0.122. The van der Waals surface area contributed by atoms with Gasteiger partial charge in [-0.1, -0.05) is 0 Å². The minimum atomic E-state index is 0.165. The van der Waals surface area contributed by atoms with Crippen LogP contribution in [0.1, 0.15) is 19.3 Å². The summed E-state index contributed by atoms with van der Waals surface area (Å²) in [7, 11) is 1.69. The Hall–Kier alpha value is -0.570. The lowest BCUT2D eigenvalue weighted by molar-refractivity contribution is -0.121. The van der Waals surface area contributed by atoms with E-state index < -0.39 is 0 Å². The Balaban J connectivity index is 2.19. The molecule has 1 amide bonds. The van der Waals surface area contributed by atoms with Gasteiger partial charge in [-0.15, -0.1) is 0 Å². The minimum absolute atomic E-state index is 0.165. The van der Waals surface area contributed by atoms with Gasteiger partial charge in [-0.05, 0) is 31.8 Å². The molecule has 0 aromatic heterocycles. The average Bonchev–Trinajstić information content (AvgIpc) is 2.06. The zero-order valence-electron chi connectivity index (χ0n) is 7.02. The Kier molecular flexibility index (Phi) is 3.36. The molecule has 1 atom stereocenters. The van der Waals surface area contributed by atoms with Crippen LogP contribution >= 0.6 is 0 Å². The van der Waals surface area contributed by atoms with Crippen molar-refractivity contribution in [1.82, 2.24) is 10.6 Å². The van der Waals surface area contributed by atoms with Gasteiger partial charge in [0.2, 0.25) is 5.91 Å². The van der Waals surface area contributed by atoms with Crippen molar-refractivity contribution >= 4 is 5.91 Å². The zero-order valence-corrected chi connectivity index (χ0v) is 7.02. The van der Waals surface area contributed by atoms with Gasteiger partial charge in [-0.3, -0.25) is 4.79 Å². The van der Waals surface area contributed by atoms with E-state index >= 15 is 0 Å².